The van der Waals surface area contributed by atoms with Crippen LogP contribution in [0, 0.1) is 5.41 Å². The summed E-state index contributed by atoms with van der Waals surface area (Å²) >= 11 is 0. The molecule has 1 heterocycles. The Labute approximate surface area is 109 Å². The monoisotopic (exact) mass is 278 g/mol. The second-order valence-electron chi connectivity index (χ2n) is 5.72. The topological polar surface area (TPSA) is 86.7 Å². The summed E-state index contributed by atoms with van der Waals surface area (Å²) in [7, 11) is -3.75. The molecule has 0 aromatic rings. The fraction of sp³-hybridized carbons (Fsp3) is 0.909. The van der Waals surface area contributed by atoms with Crippen LogP contribution in [0.2, 0.25) is 0 Å². The molecule has 6 nitrogen and oxygen atoms in total. The number of rotatable bonds is 4. The molecule has 2 N–H and O–H groups in total. The van der Waals surface area contributed by atoms with Gasteiger partial charge in [-0.15, -0.1) is 0 Å². The maximum Gasteiger partial charge on any atom is 0.322 e. The first-order valence-corrected chi connectivity index (χ1v) is 7.54. The van der Waals surface area contributed by atoms with Crippen molar-refractivity contribution < 1.29 is 18.3 Å². The lowest BCUT2D eigenvalue weighted by atomic mass is 9.77. The van der Waals surface area contributed by atoms with Crippen LogP contribution in [0.15, 0.2) is 0 Å². The number of carbonyl (C=O) groups is 1. The van der Waals surface area contributed by atoms with Gasteiger partial charge in [0.15, 0.2) is 0 Å². The summed E-state index contributed by atoms with van der Waals surface area (Å²) < 4.78 is 27.8. The molecule has 0 radical (unpaired) electrons. The van der Waals surface area contributed by atoms with E-state index in [1.54, 1.807) is 27.7 Å². The van der Waals surface area contributed by atoms with Gasteiger partial charge in [-0.25, -0.2) is 0 Å². The van der Waals surface area contributed by atoms with Gasteiger partial charge in [-0.05, 0) is 32.1 Å². The van der Waals surface area contributed by atoms with Crippen LogP contribution in [0.4, 0.5) is 0 Å². The lowest BCUT2D eigenvalue weighted by Crippen LogP contribution is -2.59. The van der Waals surface area contributed by atoms with E-state index in [0.29, 0.717) is 12.8 Å². The molecule has 1 aliphatic heterocycles. The summed E-state index contributed by atoms with van der Waals surface area (Å²) in [5.41, 5.74) is -0.560. The van der Waals surface area contributed by atoms with E-state index in [4.69, 9.17) is 0 Å². The Kier molecular flexibility index (Phi) is 4.40. The second-order valence-corrected chi connectivity index (χ2v) is 7.38. The zero-order chi connectivity index (χ0) is 14.1. The number of nitrogens with zero attached hydrogens (tertiary/aromatic N) is 1. The number of hydrogen-bond donors (Lipinski definition) is 2. The normalized spacial score (nSPS) is 25.3. The predicted molar refractivity (Wildman–Crippen MR) is 68.3 cm³/mol. The molecule has 0 aliphatic carbocycles. The minimum atomic E-state index is -3.75. The van der Waals surface area contributed by atoms with Crippen LogP contribution >= 0.6 is 0 Å². The Balaban J connectivity index is 3.09. The van der Waals surface area contributed by atoms with Crippen molar-refractivity contribution in [2.24, 2.45) is 5.41 Å². The van der Waals surface area contributed by atoms with Gasteiger partial charge < -0.3 is 5.11 Å². The molecule has 0 amide bonds. The Morgan fingerprint density at radius 2 is 2.00 bits per heavy atom. The molecule has 1 unspecified atom stereocenters. The Morgan fingerprint density at radius 1 is 1.44 bits per heavy atom. The molecule has 0 aromatic carbocycles. The van der Waals surface area contributed by atoms with Gasteiger partial charge in [-0.3, -0.25) is 4.79 Å². The molecule has 1 fully saturated rings. The van der Waals surface area contributed by atoms with Crippen LogP contribution in [-0.4, -0.2) is 42.4 Å². The van der Waals surface area contributed by atoms with Crippen LogP contribution in [0.5, 0.6) is 0 Å². The van der Waals surface area contributed by atoms with Gasteiger partial charge in [0.1, 0.15) is 6.04 Å². The van der Waals surface area contributed by atoms with Gasteiger partial charge in [0.2, 0.25) is 0 Å². The molecule has 1 aliphatic rings. The van der Waals surface area contributed by atoms with Crippen molar-refractivity contribution in [2.45, 2.75) is 52.6 Å². The van der Waals surface area contributed by atoms with Gasteiger partial charge >= 0.3 is 5.97 Å². The summed E-state index contributed by atoms with van der Waals surface area (Å²) in [4.78, 5) is 11.4. The van der Waals surface area contributed by atoms with Crippen molar-refractivity contribution in [1.29, 1.82) is 0 Å². The van der Waals surface area contributed by atoms with Crippen LogP contribution in [0.3, 0.4) is 0 Å². The van der Waals surface area contributed by atoms with Crippen molar-refractivity contribution in [3.05, 3.63) is 0 Å². The molecule has 18 heavy (non-hydrogen) atoms. The lowest BCUT2D eigenvalue weighted by molar-refractivity contribution is -0.147. The number of carboxylic acid groups (broad SMARTS) is 1. The van der Waals surface area contributed by atoms with Crippen LogP contribution in [0.25, 0.3) is 0 Å². The highest BCUT2D eigenvalue weighted by Crippen LogP contribution is 2.36. The number of hydrogen-bond acceptors (Lipinski definition) is 3. The molecular formula is C11H22N2O4S. The number of nitrogens with one attached hydrogen (secondary N) is 1. The molecule has 0 bridgehead atoms. The molecule has 1 rings (SSSR count). The first-order valence-electron chi connectivity index (χ1n) is 6.10. The Morgan fingerprint density at radius 3 is 2.44 bits per heavy atom. The highest BCUT2D eigenvalue weighted by molar-refractivity contribution is 7.87. The van der Waals surface area contributed by atoms with Crippen LogP contribution in [-0.2, 0) is 15.0 Å². The largest absolute Gasteiger partial charge is 0.480 e. The first-order chi connectivity index (χ1) is 8.08. The third-order valence-electron chi connectivity index (χ3n) is 3.16. The van der Waals surface area contributed by atoms with E-state index in [2.05, 4.69) is 4.72 Å². The van der Waals surface area contributed by atoms with Gasteiger partial charge in [0, 0.05) is 12.6 Å². The fourth-order valence-electron chi connectivity index (χ4n) is 2.43. The molecule has 0 aromatic heterocycles. The summed E-state index contributed by atoms with van der Waals surface area (Å²) in [5, 5.41) is 9.31. The van der Waals surface area contributed by atoms with E-state index < -0.39 is 27.6 Å². The maximum atomic E-state index is 12.2. The molecule has 1 atom stereocenters. The minimum Gasteiger partial charge on any atom is -0.480 e. The second kappa shape index (κ2) is 5.14. The molecule has 1 saturated heterocycles. The lowest BCUT2D eigenvalue weighted by Gasteiger charge is -2.43. The zero-order valence-corrected chi connectivity index (χ0v) is 12.1. The van der Waals surface area contributed by atoms with Crippen molar-refractivity contribution in [3.8, 4) is 0 Å². The molecule has 0 spiro atoms. The van der Waals surface area contributed by atoms with Gasteiger partial charge in [-0.2, -0.15) is 17.4 Å². The van der Waals surface area contributed by atoms with E-state index >= 15 is 0 Å². The Hall–Kier alpha value is -0.660. The van der Waals surface area contributed by atoms with Crippen LogP contribution < -0.4 is 4.72 Å². The third-order valence-corrected chi connectivity index (χ3v) is 4.94. The van der Waals surface area contributed by atoms with E-state index in [0.717, 1.165) is 4.31 Å². The fourth-order valence-corrected chi connectivity index (χ4v) is 4.18. The smallest absolute Gasteiger partial charge is 0.322 e. The minimum absolute atomic E-state index is 0.252. The van der Waals surface area contributed by atoms with E-state index in [-0.39, 0.29) is 12.6 Å². The zero-order valence-electron chi connectivity index (χ0n) is 11.3. The van der Waals surface area contributed by atoms with E-state index in [9.17, 15) is 18.3 Å². The average Bonchev–Trinajstić information content (AvgIpc) is 2.12. The SMILES string of the molecule is CC(C)NS(=O)(=O)N1CCCC(C)(C)C1C(=O)O. The molecule has 0 saturated carbocycles. The van der Waals surface area contributed by atoms with Gasteiger partial charge in [0.25, 0.3) is 10.2 Å². The van der Waals surface area contributed by atoms with Crippen molar-refractivity contribution in [2.75, 3.05) is 6.54 Å². The average molecular weight is 278 g/mol. The number of aliphatic carboxylic acids is 1. The molecule has 106 valence electrons. The van der Waals surface area contributed by atoms with Crippen LogP contribution in [0.1, 0.15) is 40.5 Å². The highest BCUT2D eigenvalue weighted by Gasteiger charge is 2.47. The van der Waals surface area contributed by atoms with Crippen molar-refractivity contribution >= 4 is 16.2 Å². The quantitative estimate of drug-likeness (QED) is 0.796. The van der Waals surface area contributed by atoms with E-state index in [1.165, 1.54) is 0 Å². The number of carboxylic acids is 1. The third kappa shape index (κ3) is 3.21. The standard InChI is InChI=1S/C11H22N2O4S/c1-8(2)12-18(16,17)13-7-5-6-11(3,4)9(13)10(14)15/h8-9,12H,5-7H2,1-4H3,(H,14,15). The summed E-state index contributed by atoms with van der Waals surface area (Å²) in [6, 6.07) is -1.27. The van der Waals surface area contributed by atoms with Gasteiger partial charge in [0.05, 0.1) is 0 Å². The predicted octanol–water partition coefficient (Wildman–Crippen LogP) is 0.804. The van der Waals surface area contributed by atoms with E-state index in [1.807, 2.05) is 0 Å². The number of piperidine rings is 1. The summed E-state index contributed by atoms with van der Waals surface area (Å²) in [5.74, 6) is -1.09. The Bertz CT molecular complexity index is 417. The van der Waals surface area contributed by atoms with Crippen molar-refractivity contribution in [3.63, 3.8) is 0 Å². The molecule has 7 heteroatoms. The van der Waals surface area contributed by atoms with Gasteiger partial charge in [-0.1, -0.05) is 13.8 Å². The summed E-state index contributed by atoms with van der Waals surface area (Å²) in [6.45, 7) is 7.26. The first kappa shape index (κ1) is 15.4. The summed E-state index contributed by atoms with van der Waals surface area (Å²) in [6.07, 6.45) is 1.38. The molecular weight excluding hydrogens is 256 g/mol. The highest BCUT2D eigenvalue weighted by atomic mass is 32.2. The van der Waals surface area contributed by atoms with Crippen molar-refractivity contribution in [1.82, 2.24) is 9.03 Å². The maximum absolute atomic E-state index is 12.2.